The Bertz CT molecular complexity index is 697. The lowest BCUT2D eigenvalue weighted by atomic mass is 10.2. The third-order valence-corrected chi connectivity index (χ3v) is 6.99. The van der Waals surface area contributed by atoms with Gasteiger partial charge < -0.3 is 4.74 Å². The molecule has 23 heavy (non-hydrogen) atoms. The van der Waals surface area contributed by atoms with Crippen molar-refractivity contribution in [3.8, 4) is 0 Å². The molecule has 0 bridgehead atoms. The number of ether oxygens (including phenoxy) is 1. The highest BCUT2D eigenvalue weighted by Gasteiger charge is 2.37. The Kier molecular flexibility index (Phi) is 4.85. The quantitative estimate of drug-likeness (QED) is 0.747. The first kappa shape index (κ1) is 17.0. The predicted octanol–water partition coefficient (Wildman–Crippen LogP) is 1.62. The number of nitrogens with zero attached hydrogens (tertiary/aromatic N) is 2. The van der Waals surface area contributed by atoms with Crippen LogP contribution in [0.3, 0.4) is 0 Å². The van der Waals surface area contributed by atoms with E-state index in [2.05, 4.69) is 0 Å². The fourth-order valence-electron chi connectivity index (χ4n) is 2.93. The van der Waals surface area contributed by atoms with Crippen molar-refractivity contribution in [1.82, 2.24) is 9.21 Å². The fourth-order valence-corrected chi connectivity index (χ4v) is 5.44. The Balaban J connectivity index is 1.75. The molecule has 6 nitrogen and oxygen atoms in total. The summed E-state index contributed by atoms with van der Waals surface area (Å²) < 4.78 is 31.9. The number of halogens is 2. The number of piperazine rings is 1. The fraction of sp³-hybridized carbons (Fsp3) is 0.500. The van der Waals surface area contributed by atoms with Crippen molar-refractivity contribution in [2.45, 2.75) is 17.4 Å². The summed E-state index contributed by atoms with van der Waals surface area (Å²) >= 11 is 12.0. The molecular weight excluding hydrogens is 363 g/mol. The molecule has 9 heteroatoms. The van der Waals surface area contributed by atoms with Crippen molar-refractivity contribution in [2.24, 2.45) is 0 Å². The minimum absolute atomic E-state index is 0.0583. The van der Waals surface area contributed by atoms with Crippen LogP contribution >= 0.6 is 23.2 Å². The maximum atomic E-state index is 12.8. The average molecular weight is 379 g/mol. The Hall–Kier alpha value is -0.860. The van der Waals surface area contributed by atoms with Gasteiger partial charge in [-0.25, -0.2) is 8.42 Å². The van der Waals surface area contributed by atoms with E-state index in [1.807, 2.05) is 4.90 Å². The van der Waals surface area contributed by atoms with E-state index in [1.54, 1.807) is 6.07 Å². The zero-order chi connectivity index (χ0) is 16.6. The van der Waals surface area contributed by atoms with E-state index in [0.717, 1.165) is 0 Å². The molecule has 2 fully saturated rings. The van der Waals surface area contributed by atoms with Crippen LogP contribution in [-0.2, 0) is 19.6 Å². The third kappa shape index (κ3) is 3.21. The van der Waals surface area contributed by atoms with Gasteiger partial charge in [-0.1, -0.05) is 29.3 Å². The number of carbonyl (C=O) groups excluding carboxylic acids is 1. The Morgan fingerprint density at radius 3 is 2.22 bits per heavy atom. The standard InChI is InChI=1S/C14H16Cl2N2O4S/c15-10-2-1-3-11(16)13(10)23(20,21)18-7-5-17(6-8-18)12-4-9-22-14(12)19/h1-3,12H,4-9H2. The lowest BCUT2D eigenvalue weighted by Gasteiger charge is -2.36. The van der Waals surface area contributed by atoms with E-state index >= 15 is 0 Å². The van der Waals surface area contributed by atoms with Crippen LogP contribution in [0.15, 0.2) is 23.1 Å². The topological polar surface area (TPSA) is 66.9 Å². The minimum atomic E-state index is -3.76. The molecule has 2 aliphatic heterocycles. The molecule has 1 aromatic rings. The van der Waals surface area contributed by atoms with Crippen LogP contribution in [0.25, 0.3) is 0 Å². The summed E-state index contributed by atoms with van der Waals surface area (Å²) in [6.07, 6.45) is 0.655. The molecule has 0 radical (unpaired) electrons. The largest absolute Gasteiger partial charge is 0.464 e. The van der Waals surface area contributed by atoms with E-state index in [4.69, 9.17) is 27.9 Å². The van der Waals surface area contributed by atoms with Gasteiger partial charge in [0.2, 0.25) is 10.0 Å². The lowest BCUT2D eigenvalue weighted by molar-refractivity contribution is -0.142. The van der Waals surface area contributed by atoms with Gasteiger partial charge in [0, 0.05) is 32.6 Å². The van der Waals surface area contributed by atoms with Crippen molar-refractivity contribution in [2.75, 3.05) is 32.8 Å². The highest BCUT2D eigenvalue weighted by molar-refractivity contribution is 7.89. The molecule has 2 saturated heterocycles. The molecule has 0 spiro atoms. The third-order valence-electron chi connectivity index (χ3n) is 4.14. The molecule has 0 N–H and O–H groups in total. The normalized spacial score (nSPS) is 23.9. The second kappa shape index (κ2) is 6.57. The van der Waals surface area contributed by atoms with Crippen molar-refractivity contribution >= 4 is 39.2 Å². The van der Waals surface area contributed by atoms with Gasteiger partial charge in [0.15, 0.2) is 0 Å². The van der Waals surface area contributed by atoms with Gasteiger partial charge in [-0.2, -0.15) is 4.31 Å². The zero-order valence-corrected chi connectivity index (χ0v) is 14.6. The first-order chi connectivity index (χ1) is 10.9. The highest BCUT2D eigenvalue weighted by Crippen LogP contribution is 2.32. The molecule has 0 saturated carbocycles. The van der Waals surface area contributed by atoms with Crippen LogP contribution < -0.4 is 0 Å². The SMILES string of the molecule is O=C1OCCC1N1CCN(S(=O)(=O)c2c(Cl)cccc2Cl)CC1. The molecule has 1 unspecified atom stereocenters. The van der Waals surface area contributed by atoms with Crippen LogP contribution in [0.2, 0.25) is 10.0 Å². The average Bonchev–Trinajstić information content (AvgIpc) is 2.93. The van der Waals surface area contributed by atoms with Crippen molar-refractivity contribution in [3.05, 3.63) is 28.2 Å². The number of esters is 1. The Morgan fingerprint density at radius 2 is 1.70 bits per heavy atom. The van der Waals surface area contributed by atoms with E-state index < -0.39 is 10.0 Å². The zero-order valence-electron chi connectivity index (χ0n) is 12.2. The predicted molar refractivity (Wildman–Crippen MR) is 86.2 cm³/mol. The first-order valence-corrected chi connectivity index (χ1v) is 9.45. The summed E-state index contributed by atoms with van der Waals surface area (Å²) in [5.74, 6) is -0.226. The maximum absolute atomic E-state index is 12.8. The van der Waals surface area contributed by atoms with E-state index in [0.29, 0.717) is 26.1 Å². The van der Waals surface area contributed by atoms with E-state index in [9.17, 15) is 13.2 Å². The number of cyclic esters (lactones) is 1. The van der Waals surface area contributed by atoms with Crippen LogP contribution in [0.4, 0.5) is 0 Å². The van der Waals surface area contributed by atoms with Crippen molar-refractivity contribution in [1.29, 1.82) is 0 Å². The molecule has 0 aromatic heterocycles. The summed E-state index contributed by atoms with van der Waals surface area (Å²) in [6.45, 7) is 1.95. The summed E-state index contributed by atoms with van der Waals surface area (Å²) in [5.41, 5.74) is 0. The van der Waals surface area contributed by atoms with Crippen LogP contribution in [0.5, 0.6) is 0 Å². The molecule has 1 atom stereocenters. The van der Waals surface area contributed by atoms with Gasteiger partial charge in [0.05, 0.1) is 16.7 Å². The monoisotopic (exact) mass is 378 g/mol. The number of rotatable bonds is 3. The maximum Gasteiger partial charge on any atom is 0.323 e. The van der Waals surface area contributed by atoms with Gasteiger partial charge >= 0.3 is 5.97 Å². The molecule has 2 heterocycles. The molecule has 0 amide bonds. The molecule has 0 aliphatic carbocycles. The highest BCUT2D eigenvalue weighted by atomic mass is 35.5. The van der Waals surface area contributed by atoms with E-state index in [-0.39, 0.29) is 40.0 Å². The summed E-state index contributed by atoms with van der Waals surface area (Å²) in [7, 11) is -3.76. The lowest BCUT2D eigenvalue weighted by Crippen LogP contribution is -2.53. The first-order valence-electron chi connectivity index (χ1n) is 7.26. The van der Waals surface area contributed by atoms with Gasteiger partial charge in [-0.05, 0) is 12.1 Å². The van der Waals surface area contributed by atoms with Crippen molar-refractivity contribution in [3.63, 3.8) is 0 Å². The van der Waals surface area contributed by atoms with Crippen LogP contribution in [-0.4, -0.2) is 62.4 Å². The van der Waals surface area contributed by atoms with Crippen molar-refractivity contribution < 1.29 is 17.9 Å². The summed E-state index contributed by atoms with van der Waals surface area (Å²) in [5, 5.41) is 0.221. The van der Waals surface area contributed by atoms with Crippen LogP contribution in [0, 0.1) is 0 Å². The molecule has 2 aliphatic rings. The number of carbonyl (C=O) groups is 1. The number of sulfonamides is 1. The Morgan fingerprint density at radius 1 is 1.09 bits per heavy atom. The number of hydrogen-bond acceptors (Lipinski definition) is 5. The molecule has 3 rings (SSSR count). The molecule has 1 aromatic carbocycles. The Labute approximate surface area is 145 Å². The van der Waals surface area contributed by atoms with Gasteiger partial charge in [-0.3, -0.25) is 9.69 Å². The molecule has 126 valence electrons. The molecular formula is C14H16Cl2N2O4S. The van der Waals surface area contributed by atoms with Gasteiger partial charge in [-0.15, -0.1) is 0 Å². The van der Waals surface area contributed by atoms with Crippen LogP contribution in [0.1, 0.15) is 6.42 Å². The smallest absolute Gasteiger partial charge is 0.323 e. The van der Waals surface area contributed by atoms with Gasteiger partial charge in [0.1, 0.15) is 10.9 Å². The number of hydrogen-bond donors (Lipinski definition) is 0. The summed E-state index contributed by atoms with van der Waals surface area (Å²) in [4.78, 5) is 13.5. The second-order valence-corrected chi connectivity index (χ2v) is 8.15. The summed E-state index contributed by atoms with van der Waals surface area (Å²) in [6, 6.07) is 4.35. The number of benzene rings is 1. The van der Waals surface area contributed by atoms with Gasteiger partial charge in [0.25, 0.3) is 0 Å². The minimum Gasteiger partial charge on any atom is -0.464 e. The van der Waals surface area contributed by atoms with E-state index in [1.165, 1.54) is 16.4 Å². The second-order valence-electron chi connectivity index (χ2n) is 5.46.